The highest BCUT2D eigenvalue weighted by Crippen LogP contribution is 2.21. The van der Waals surface area contributed by atoms with Gasteiger partial charge in [-0.2, -0.15) is 0 Å². The quantitative estimate of drug-likeness (QED) is 0.758. The molecule has 1 heterocycles. The highest BCUT2D eigenvalue weighted by Gasteiger charge is 2.12. The van der Waals surface area contributed by atoms with Crippen LogP contribution in [0, 0.1) is 6.92 Å². The Morgan fingerprint density at radius 2 is 2.00 bits per heavy atom. The van der Waals surface area contributed by atoms with Crippen molar-refractivity contribution in [3.05, 3.63) is 44.1 Å². The normalized spacial score (nSPS) is 12.9. The molecule has 1 aromatic carbocycles. The zero-order chi connectivity index (χ0) is 12.7. The topological polar surface area (TPSA) is 75.1 Å². The van der Waals surface area contributed by atoms with Crippen molar-refractivity contribution in [2.75, 3.05) is 0 Å². The molecule has 0 amide bonds. The second-order valence-corrected chi connectivity index (χ2v) is 4.25. The van der Waals surface area contributed by atoms with Crippen molar-refractivity contribution in [1.29, 1.82) is 0 Å². The molecule has 1 aromatic heterocycles. The Hall–Kier alpha value is -1.88. The summed E-state index contributed by atoms with van der Waals surface area (Å²) in [5.41, 5.74) is 1.02. The number of aliphatic hydroxyl groups excluding tert-OH is 1. The third kappa shape index (κ3) is 1.78. The minimum atomic E-state index is -0.736. The Morgan fingerprint density at radius 3 is 2.59 bits per heavy atom. The molecule has 5 nitrogen and oxygen atoms in total. The van der Waals surface area contributed by atoms with Crippen LogP contribution in [0.2, 0.25) is 0 Å². The zero-order valence-corrected chi connectivity index (χ0v) is 9.94. The van der Waals surface area contributed by atoms with E-state index in [4.69, 9.17) is 0 Å². The summed E-state index contributed by atoms with van der Waals surface area (Å²) in [5, 5.41) is 10.1. The lowest BCUT2D eigenvalue weighted by Crippen LogP contribution is -2.32. The largest absolute Gasteiger partial charge is 0.389 e. The maximum atomic E-state index is 11.9. The summed E-state index contributed by atoms with van der Waals surface area (Å²) in [5.74, 6) is 0. The smallest absolute Gasteiger partial charge is 0.328 e. The van der Waals surface area contributed by atoms with Crippen molar-refractivity contribution in [3.8, 4) is 0 Å². The van der Waals surface area contributed by atoms with E-state index in [0.29, 0.717) is 16.5 Å². The van der Waals surface area contributed by atoms with Gasteiger partial charge in [-0.25, -0.2) is 4.79 Å². The summed E-state index contributed by atoms with van der Waals surface area (Å²) in [6.07, 6.45) is -0.736. The van der Waals surface area contributed by atoms with Crippen molar-refractivity contribution >= 4 is 10.9 Å². The van der Waals surface area contributed by atoms with Crippen LogP contribution < -0.4 is 11.2 Å². The van der Waals surface area contributed by atoms with Gasteiger partial charge < -0.3 is 10.1 Å². The Kier molecular flexibility index (Phi) is 2.63. The fourth-order valence-electron chi connectivity index (χ4n) is 1.92. The van der Waals surface area contributed by atoms with Crippen LogP contribution in [0.15, 0.2) is 21.7 Å². The molecular weight excluding hydrogens is 220 g/mol. The predicted molar refractivity (Wildman–Crippen MR) is 65.2 cm³/mol. The number of aliphatic hydroxyl groups is 1. The molecule has 2 N–H and O–H groups in total. The van der Waals surface area contributed by atoms with E-state index < -0.39 is 11.8 Å². The van der Waals surface area contributed by atoms with Gasteiger partial charge in [-0.05, 0) is 25.5 Å². The number of aromatic amines is 1. The lowest BCUT2D eigenvalue weighted by atomic mass is 10.0. The number of aromatic nitrogens is 2. The van der Waals surface area contributed by atoms with Gasteiger partial charge in [-0.15, -0.1) is 0 Å². The van der Waals surface area contributed by atoms with Gasteiger partial charge in [0.25, 0.3) is 5.56 Å². The molecular formula is C12H14N2O3. The molecule has 0 aliphatic carbocycles. The van der Waals surface area contributed by atoms with Crippen LogP contribution in [-0.2, 0) is 7.05 Å². The van der Waals surface area contributed by atoms with E-state index in [1.807, 2.05) is 6.92 Å². The molecule has 0 saturated heterocycles. The van der Waals surface area contributed by atoms with Crippen LogP contribution in [0.3, 0.4) is 0 Å². The monoisotopic (exact) mass is 234 g/mol. The van der Waals surface area contributed by atoms with Crippen LogP contribution in [0.4, 0.5) is 0 Å². The third-order valence-electron chi connectivity index (χ3n) is 2.83. The first-order chi connectivity index (χ1) is 7.91. The summed E-state index contributed by atoms with van der Waals surface area (Å²) in [7, 11) is 1.42. The standard InChI is InChI=1S/C12H14N2O3/c1-6-4-8(7(2)15)10-9(5-6)11(16)14(3)12(17)13-10/h4-5,7,15H,1-3H3,(H,13,17)/t7-/m1/s1. The number of benzene rings is 1. The number of hydrogen-bond acceptors (Lipinski definition) is 3. The van der Waals surface area contributed by atoms with Crippen molar-refractivity contribution in [1.82, 2.24) is 9.55 Å². The predicted octanol–water partition coefficient (Wildman–Crippen LogP) is 0.589. The SMILES string of the molecule is Cc1cc([C@@H](C)O)c2[nH]c(=O)n(C)c(=O)c2c1. The first-order valence-corrected chi connectivity index (χ1v) is 5.33. The average molecular weight is 234 g/mol. The molecule has 0 aliphatic heterocycles. The number of hydrogen-bond donors (Lipinski definition) is 2. The second-order valence-electron chi connectivity index (χ2n) is 4.25. The molecule has 0 bridgehead atoms. The first kappa shape index (κ1) is 11.6. The van der Waals surface area contributed by atoms with E-state index in [9.17, 15) is 14.7 Å². The molecule has 0 saturated carbocycles. The average Bonchev–Trinajstić information content (AvgIpc) is 2.26. The minimum Gasteiger partial charge on any atom is -0.389 e. The number of nitrogens with one attached hydrogen (secondary N) is 1. The molecule has 17 heavy (non-hydrogen) atoms. The number of rotatable bonds is 1. The van der Waals surface area contributed by atoms with Crippen molar-refractivity contribution in [2.45, 2.75) is 20.0 Å². The summed E-state index contributed by atoms with van der Waals surface area (Å²) in [6.45, 7) is 3.44. The molecule has 0 radical (unpaired) electrons. The van der Waals surface area contributed by atoms with E-state index in [0.717, 1.165) is 10.1 Å². The van der Waals surface area contributed by atoms with Gasteiger partial charge in [0.2, 0.25) is 0 Å². The van der Waals surface area contributed by atoms with Crippen LogP contribution in [0.5, 0.6) is 0 Å². The zero-order valence-electron chi connectivity index (χ0n) is 9.94. The lowest BCUT2D eigenvalue weighted by Gasteiger charge is -2.10. The van der Waals surface area contributed by atoms with Gasteiger partial charge in [-0.1, -0.05) is 6.07 Å². The molecule has 0 aliphatic rings. The lowest BCUT2D eigenvalue weighted by molar-refractivity contribution is 0.200. The third-order valence-corrected chi connectivity index (χ3v) is 2.83. The second kappa shape index (κ2) is 3.85. The molecule has 2 aromatic rings. The van der Waals surface area contributed by atoms with Gasteiger partial charge in [0.1, 0.15) is 0 Å². The van der Waals surface area contributed by atoms with Crippen molar-refractivity contribution in [2.24, 2.45) is 7.05 Å². The fraction of sp³-hybridized carbons (Fsp3) is 0.333. The van der Waals surface area contributed by atoms with Gasteiger partial charge in [0.15, 0.2) is 0 Å². The molecule has 0 unspecified atom stereocenters. The van der Waals surface area contributed by atoms with E-state index >= 15 is 0 Å². The van der Waals surface area contributed by atoms with Gasteiger partial charge in [0.05, 0.1) is 17.0 Å². The van der Waals surface area contributed by atoms with Crippen molar-refractivity contribution in [3.63, 3.8) is 0 Å². The van der Waals surface area contributed by atoms with E-state index in [1.54, 1.807) is 19.1 Å². The summed E-state index contributed by atoms with van der Waals surface area (Å²) >= 11 is 0. The molecule has 0 spiro atoms. The van der Waals surface area contributed by atoms with Gasteiger partial charge in [-0.3, -0.25) is 9.36 Å². The highest BCUT2D eigenvalue weighted by atomic mass is 16.3. The molecule has 90 valence electrons. The van der Waals surface area contributed by atoms with Gasteiger partial charge in [0, 0.05) is 12.6 Å². The van der Waals surface area contributed by atoms with Crippen LogP contribution in [-0.4, -0.2) is 14.7 Å². The Balaban J connectivity index is 3.05. The minimum absolute atomic E-state index is 0.352. The number of fused-ring (bicyclic) bond motifs is 1. The molecule has 1 atom stereocenters. The van der Waals surface area contributed by atoms with Crippen LogP contribution >= 0.6 is 0 Å². The molecule has 0 fully saturated rings. The maximum Gasteiger partial charge on any atom is 0.328 e. The summed E-state index contributed by atoms with van der Waals surface area (Å²) in [6, 6.07) is 3.47. The number of aryl methyl sites for hydroxylation is 1. The van der Waals surface area contributed by atoms with Gasteiger partial charge >= 0.3 is 5.69 Å². The Bertz CT molecular complexity index is 695. The first-order valence-electron chi connectivity index (χ1n) is 5.33. The van der Waals surface area contributed by atoms with E-state index in [2.05, 4.69) is 4.98 Å². The molecule has 2 rings (SSSR count). The summed E-state index contributed by atoms with van der Waals surface area (Å²) in [4.78, 5) is 26.1. The highest BCUT2D eigenvalue weighted by molar-refractivity contribution is 5.82. The van der Waals surface area contributed by atoms with E-state index in [1.165, 1.54) is 7.05 Å². The van der Waals surface area contributed by atoms with Crippen LogP contribution in [0.25, 0.3) is 10.9 Å². The summed E-state index contributed by atoms with van der Waals surface area (Å²) < 4.78 is 1.02. The van der Waals surface area contributed by atoms with Crippen molar-refractivity contribution < 1.29 is 5.11 Å². The Morgan fingerprint density at radius 1 is 1.35 bits per heavy atom. The number of H-pyrrole nitrogens is 1. The number of nitrogens with zero attached hydrogens (tertiary/aromatic N) is 1. The Labute approximate surface area is 97.3 Å². The van der Waals surface area contributed by atoms with E-state index in [-0.39, 0.29) is 5.56 Å². The molecule has 5 heteroatoms. The van der Waals surface area contributed by atoms with Crippen LogP contribution in [0.1, 0.15) is 24.2 Å². The fourth-order valence-corrected chi connectivity index (χ4v) is 1.92. The maximum absolute atomic E-state index is 11.9.